The number of rotatable bonds is 2. The zero-order chi connectivity index (χ0) is 11.1. The third-order valence-corrected chi connectivity index (χ3v) is 2.94. The summed E-state index contributed by atoms with van der Waals surface area (Å²) in [7, 11) is 0. The van der Waals surface area contributed by atoms with E-state index in [0.29, 0.717) is 13.3 Å². The Kier molecular flexibility index (Phi) is 2.04. The van der Waals surface area contributed by atoms with Crippen molar-refractivity contribution in [2.24, 2.45) is 5.73 Å². The van der Waals surface area contributed by atoms with E-state index in [4.69, 9.17) is 15.2 Å². The summed E-state index contributed by atoms with van der Waals surface area (Å²) in [4.78, 5) is 0. The number of nitrogens with zero attached hydrogens (tertiary/aromatic N) is 1. The van der Waals surface area contributed by atoms with Gasteiger partial charge in [0.15, 0.2) is 11.5 Å². The average Bonchev–Trinajstić information content (AvgIpc) is 2.83. The van der Waals surface area contributed by atoms with Gasteiger partial charge >= 0.3 is 0 Å². The van der Waals surface area contributed by atoms with Gasteiger partial charge in [-0.15, -0.1) is 0 Å². The number of nitrogens with two attached hydrogens (primary N) is 1. The van der Waals surface area contributed by atoms with Crippen molar-refractivity contribution in [1.29, 1.82) is 0 Å². The number of hydrogen-bond acceptors (Lipinski definition) is 3. The van der Waals surface area contributed by atoms with Crippen LogP contribution in [0, 0.1) is 6.92 Å². The van der Waals surface area contributed by atoms with Crippen LogP contribution in [0.4, 0.5) is 0 Å². The normalized spacial score (nSPS) is 13.6. The molecule has 0 unspecified atom stereocenters. The molecule has 1 aromatic heterocycles. The molecule has 0 radical (unpaired) electrons. The molecule has 84 valence electrons. The summed E-state index contributed by atoms with van der Waals surface area (Å²) in [6, 6.07) is 4.07. The molecule has 0 saturated carbocycles. The first-order chi connectivity index (χ1) is 7.79. The highest BCUT2D eigenvalue weighted by Crippen LogP contribution is 2.37. The fraction of sp³-hybridized carbons (Fsp3) is 0.333. The highest BCUT2D eigenvalue weighted by Gasteiger charge is 2.16. The SMILES string of the molecule is Cc1cn(CCN)c2cc3c(cc12)OCO3. The molecule has 0 saturated heterocycles. The molecule has 1 aliphatic rings. The Balaban J connectivity index is 2.24. The molecule has 2 N–H and O–H groups in total. The summed E-state index contributed by atoms with van der Waals surface area (Å²) >= 11 is 0. The van der Waals surface area contributed by atoms with E-state index in [9.17, 15) is 0 Å². The zero-order valence-corrected chi connectivity index (χ0v) is 9.19. The van der Waals surface area contributed by atoms with Crippen molar-refractivity contribution in [1.82, 2.24) is 4.57 Å². The molecule has 4 heteroatoms. The number of ether oxygens (including phenoxy) is 2. The van der Waals surface area contributed by atoms with Gasteiger partial charge in [-0.2, -0.15) is 0 Å². The number of aromatic nitrogens is 1. The van der Waals surface area contributed by atoms with Crippen molar-refractivity contribution < 1.29 is 9.47 Å². The van der Waals surface area contributed by atoms with Crippen LogP contribution in [0.25, 0.3) is 10.9 Å². The van der Waals surface area contributed by atoms with Crippen LogP contribution >= 0.6 is 0 Å². The second-order valence-electron chi connectivity index (χ2n) is 4.02. The minimum Gasteiger partial charge on any atom is -0.454 e. The molecule has 0 atom stereocenters. The lowest BCUT2D eigenvalue weighted by atomic mass is 10.2. The lowest BCUT2D eigenvalue weighted by Crippen LogP contribution is -2.08. The molecule has 0 fully saturated rings. The number of benzene rings is 1. The number of fused-ring (bicyclic) bond motifs is 2. The zero-order valence-electron chi connectivity index (χ0n) is 9.19. The predicted molar refractivity (Wildman–Crippen MR) is 61.9 cm³/mol. The van der Waals surface area contributed by atoms with E-state index in [1.807, 2.05) is 12.1 Å². The monoisotopic (exact) mass is 218 g/mol. The van der Waals surface area contributed by atoms with Crippen LogP contribution in [0.15, 0.2) is 18.3 Å². The molecular formula is C12H14N2O2. The largest absolute Gasteiger partial charge is 0.454 e. The van der Waals surface area contributed by atoms with Crippen molar-refractivity contribution in [3.63, 3.8) is 0 Å². The van der Waals surface area contributed by atoms with Gasteiger partial charge < -0.3 is 19.8 Å². The Hall–Kier alpha value is -1.68. The molecule has 3 rings (SSSR count). The maximum absolute atomic E-state index is 5.60. The van der Waals surface area contributed by atoms with Gasteiger partial charge in [-0.05, 0) is 18.6 Å². The summed E-state index contributed by atoms with van der Waals surface area (Å²) in [5.41, 5.74) is 7.99. The van der Waals surface area contributed by atoms with E-state index in [1.165, 1.54) is 10.9 Å². The second kappa shape index (κ2) is 3.42. The minimum atomic E-state index is 0.317. The molecule has 0 bridgehead atoms. The topological polar surface area (TPSA) is 49.4 Å². The average molecular weight is 218 g/mol. The first-order valence-electron chi connectivity index (χ1n) is 5.39. The Bertz CT molecular complexity index is 545. The lowest BCUT2D eigenvalue weighted by Gasteiger charge is -2.03. The van der Waals surface area contributed by atoms with E-state index in [0.717, 1.165) is 23.6 Å². The van der Waals surface area contributed by atoms with Gasteiger partial charge in [-0.3, -0.25) is 0 Å². The molecule has 4 nitrogen and oxygen atoms in total. The summed E-state index contributed by atoms with van der Waals surface area (Å²) in [5, 5.41) is 1.21. The maximum atomic E-state index is 5.60. The van der Waals surface area contributed by atoms with E-state index in [1.54, 1.807) is 0 Å². The third kappa shape index (κ3) is 1.27. The van der Waals surface area contributed by atoms with Crippen LogP contribution in [-0.4, -0.2) is 17.9 Å². The van der Waals surface area contributed by atoms with Gasteiger partial charge in [-0.25, -0.2) is 0 Å². The fourth-order valence-corrected chi connectivity index (χ4v) is 2.18. The minimum absolute atomic E-state index is 0.317. The first kappa shape index (κ1) is 9.54. The quantitative estimate of drug-likeness (QED) is 0.833. The molecule has 1 aliphatic heterocycles. The van der Waals surface area contributed by atoms with E-state index in [2.05, 4.69) is 17.7 Å². The lowest BCUT2D eigenvalue weighted by molar-refractivity contribution is 0.174. The molecule has 2 aromatic rings. The van der Waals surface area contributed by atoms with E-state index in [-0.39, 0.29) is 0 Å². The fourth-order valence-electron chi connectivity index (χ4n) is 2.18. The highest BCUT2D eigenvalue weighted by molar-refractivity contribution is 5.87. The summed E-state index contributed by atoms with van der Waals surface area (Å²) in [6.45, 7) is 3.87. The van der Waals surface area contributed by atoms with Crippen LogP contribution in [-0.2, 0) is 6.54 Å². The molecule has 1 aromatic carbocycles. The molecule has 2 heterocycles. The third-order valence-electron chi connectivity index (χ3n) is 2.94. The van der Waals surface area contributed by atoms with Gasteiger partial charge in [0.2, 0.25) is 6.79 Å². The Labute approximate surface area is 93.6 Å². The first-order valence-corrected chi connectivity index (χ1v) is 5.39. The van der Waals surface area contributed by atoms with Gasteiger partial charge in [-0.1, -0.05) is 0 Å². The molecular weight excluding hydrogens is 204 g/mol. The van der Waals surface area contributed by atoms with Gasteiger partial charge in [0.1, 0.15) is 0 Å². The smallest absolute Gasteiger partial charge is 0.231 e. The van der Waals surface area contributed by atoms with Crippen molar-refractivity contribution in [2.45, 2.75) is 13.5 Å². The predicted octanol–water partition coefficient (Wildman–Crippen LogP) is 1.64. The van der Waals surface area contributed by atoms with Crippen LogP contribution in [0.1, 0.15) is 5.56 Å². The standard InChI is InChI=1S/C12H14N2O2/c1-8-6-14(3-2-13)10-5-12-11(4-9(8)10)15-7-16-12/h4-6H,2-3,7,13H2,1H3. The van der Waals surface area contributed by atoms with Crippen molar-refractivity contribution in [2.75, 3.05) is 13.3 Å². The number of aryl methyl sites for hydroxylation is 1. The summed E-state index contributed by atoms with van der Waals surface area (Å²) in [6.07, 6.45) is 2.12. The highest BCUT2D eigenvalue weighted by atomic mass is 16.7. The second-order valence-corrected chi connectivity index (χ2v) is 4.02. The van der Waals surface area contributed by atoms with Crippen LogP contribution in [0.2, 0.25) is 0 Å². The maximum Gasteiger partial charge on any atom is 0.231 e. The Morgan fingerprint density at radius 3 is 2.81 bits per heavy atom. The van der Waals surface area contributed by atoms with Crippen LogP contribution in [0.3, 0.4) is 0 Å². The van der Waals surface area contributed by atoms with E-state index >= 15 is 0 Å². The molecule has 0 spiro atoms. The summed E-state index contributed by atoms with van der Waals surface area (Å²) in [5.74, 6) is 1.66. The Morgan fingerprint density at radius 2 is 2.06 bits per heavy atom. The van der Waals surface area contributed by atoms with Crippen molar-refractivity contribution >= 4 is 10.9 Å². The van der Waals surface area contributed by atoms with E-state index < -0.39 is 0 Å². The summed E-state index contributed by atoms with van der Waals surface area (Å²) < 4.78 is 12.9. The molecule has 16 heavy (non-hydrogen) atoms. The van der Waals surface area contributed by atoms with Crippen LogP contribution < -0.4 is 15.2 Å². The van der Waals surface area contributed by atoms with Crippen molar-refractivity contribution in [3.8, 4) is 11.5 Å². The molecule has 0 amide bonds. The molecule has 0 aliphatic carbocycles. The van der Waals surface area contributed by atoms with Gasteiger partial charge in [0, 0.05) is 30.7 Å². The number of hydrogen-bond donors (Lipinski definition) is 1. The van der Waals surface area contributed by atoms with Crippen LogP contribution in [0.5, 0.6) is 11.5 Å². The van der Waals surface area contributed by atoms with Gasteiger partial charge in [0.25, 0.3) is 0 Å². The van der Waals surface area contributed by atoms with Gasteiger partial charge in [0.05, 0.1) is 5.52 Å². The van der Waals surface area contributed by atoms with Crippen molar-refractivity contribution in [3.05, 3.63) is 23.9 Å². The Morgan fingerprint density at radius 1 is 1.31 bits per heavy atom.